The normalized spacial score (nSPS) is 10.6. The van der Waals surface area contributed by atoms with Gasteiger partial charge in [-0.1, -0.05) is 23.7 Å². The molecule has 0 spiro atoms. The summed E-state index contributed by atoms with van der Waals surface area (Å²) in [6.45, 7) is -3.09. The van der Waals surface area contributed by atoms with Crippen LogP contribution >= 0.6 is 11.6 Å². The number of hydrogen-bond acceptors (Lipinski definition) is 2. The minimum atomic E-state index is -2.82. The van der Waals surface area contributed by atoms with Crippen LogP contribution < -0.4 is 0 Å². The Morgan fingerprint density at radius 1 is 1.50 bits per heavy atom. The molecule has 0 atom stereocenters. The second kappa shape index (κ2) is 5.02. The summed E-state index contributed by atoms with van der Waals surface area (Å²) < 4.78 is 27.4. The number of halogens is 3. The van der Waals surface area contributed by atoms with Gasteiger partial charge in [-0.05, 0) is 11.6 Å². The van der Waals surface area contributed by atoms with Gasteiger partial charge in [0.15, 0.2) is 0 Å². The van der Waals surface area contributed by atoms with Crippen molar-refractivity contribution >= 4 is 17.9 Å². The third kappa shape index (κ3) is 3.05. The number of hydrogen-bond donors (Lipinski definition) is 0. The molecule has 76 valence electrons. The standard InChI is InChI=1S/C9H7ClF2O2/c10-8-3-6(4-13)1-2-7(8)5-14-9(11)12/h1-4,9H,5H2. The number of benzene rings is 1. The average molecular weight is 221 g/mol. The fourth-order valence-electron chi connectivity index (χ4n) is 0.907. The average Bonchev–Trinajstić information content (AvgIpc) is 2.15. The van der Waals surface area contributed by atoms with Crippen LogP contribution in [-0.2, 0) is 11.3 Å². The Bertz CT molecular complexity index is 329. The molecule has 5 heteroatoms. The lowest BCUT2D eigenvalue weighted by atomic mass is 10.1. The summed E-state index contributed by atoms with van der Waals surface area (Å²) in [6, 6.07) is 4.37. The minimum Gasteiger partial charge on any atom is -0.318 e. The van der Waals surface area contributed by atoms with Crippen molar-refractivity contribution in [3.8, 4) is 0 Å². The third-order valence-electron chi connectivity index (χ3n) is 1.58. The number of ether oxygens (including phenoxy) is 1. The van der Waals surface area contributed by atoms with E-state index in [4.69, 9.17) is 11.6 Å². The number of rotatable bonds is 4. The molecule has 0 radical (unpaired) electrons. The molecule has 0 fully saturated rings. The fourth-order valence-corrected chi connectivity index (χ4v) is 1.15. The quantitative estimate of drug-likeness (QED) is 0.730. The van der Waals surface area contributed by atoms with Crippen molar-refractivity contribution < 1.29 is 18.3 Å². The monoisotopic (exact) mass is 220 g/mol. The Morgan fingerprint density at radius 3 is 2.71 bits per heavy atom. The topological polar surface area (TPSA) is 26.3 Å². The molecule has 14 heavy (non-hydrogen) atoms. The predicted molar refractivity (Wildman–Crippen MR) is 47.6 cm³/mol. The third-order valence-corrected chi connectivity index (χ3v) is 1.93. The van der Waals surface area contributed by atoms with Crippen LogP contribution in [0.5, 0.6) is 0 Å². The van der Waals surface area contributed by atoms with Gasteiger partial charge in [0.25, 0.3) is 0 Å². The van der Waals surface area contributed by atoms with E-state index < -0.39 is 6.61 Å². The van der Waals surface area contributed by atoms with Crippen molar-refractivity contribution in [3.05, 3.63) is 34.3 Å². The van der Waals surface area contributed by atoms with Crippen LogP contribution in [0.15, 0.2) is 18.2 Å². The maximum atomic E-state index is 11.7. The Morgan fingerprint density at radius 2 is 2.21 bits per heavy atom. The highest BCUT2D eigenvalue weighted by atomic mass is 35.5. The van der Waals surface area contributed by atoms with E-state index in [-0.39, 0.29) is 11.6 Å². The summed E-state index contributed by atoms with van der Waals surface area (Å²) >= 11 is 5.71. The molecule has 0 saturated heterocycles. The van der Waals surface area contributed by atoms with E-state index in [0.717, 1.165) is 0 Å². The molecular formula is C9H7ClF2O2. The second-order valence-electron chi connectivity index (χ2n) is 2.54. The highest BCUT2D eigenvalue weighted by molar-refractivity contribution is 6.31. The maximum absolute atomic E-state index is 11.7. The van der Waals surface area contributed by atoms with Crippen LogP contribution in [0.2, 0.25) is 5.02 Å². The van der Waals surface area contributed by atoms with Crippen molar-refractivity contribution in [1.82, 2.24) is 0 Å². The summed E-state index contributed by atoms with van der Waals surface area (Å²) in [4.78, 5) is 10.3. The molecule has 0 aliphatic carbocycles. The largest absolute Gasteiger partial charge is 0.345 e. The highest BCUT2D eigenvalue weighted by Crippen LogP contribution is 2.18. The van der Waals surface area contributed by atoms with Crippen molar-refractivity contribution in [2.24, 2.45) is 0 Å². The molecule has 0 unspecified atom stereocenters. The fraction of sp³-hybridized carbons (Fsp3) is 0.222. The first-order valence-electron chi connectivity index (χ1n) is 3.77. The lowest BCUT2D eigenvalue weighted by molar-refractivity contribution is -0.137. The van der Waals surface area contributed by atoms with E-state index in [9.17, 15) is 13.6 Å². The van der Waals surface area contributed by atoms with Gasteiger partial charge in [0, 0.05) is 10.6 Å². The molecular weight excluding hydrogens is 214 g/mol. The SMILES string of the molecule is O=Cc1ccc(COC(F)F)c(Cl)c1. The molecule has 0 N–H and O–H groups in total. The molecule has 0 aliphatic rings. The Kier molecular flexibility index (Phi) is 3.98. The number of alkyl halides is 2. The summed E-state index contributed by atoms with van der Waals surface area (Å²) in [7, 11) is 0. The highest BCUT2D eigenvalue weighted by Gasteiger charge is 2.06. The van der Waals surface area contributed by atoms with E-state index in [1.54, 1.807) is 0 Å². The summed E-state index contributed by atoms with van der Waals surface area (Å²) in [5, 5.41) is 0.246. The summed E-state index contributed by atoms with van der Waals surface area (Å²) in [6.07, 6.45) is 0.629. The van der Waals surface area contributed by atoms with Crippen LogP contribution in [0.25, 0.3) is 0 Å². The molecule has 0 aliphatic heterocycles. The van der Waals surface area contributed by atoms with Gasteiger partial charge in [-0.25, -0.2) is 0 Å². The van der Waals surface area contributed by atoms with Gasteiger partial charge in [-0.2, -0.15) is 8.78 Å². The molecule has 0 bridgehead atoms. The van der Waals surface area contributed by atoms with Crippen LogP contribution in [-0.4, -0.2) is 12.9 Å². The van der Waals surface area contributed by atoms with Gasteiger partial charge >= 0.3 is 6.61 Å². The van der Waals surface area contributed by atoms with E-state index in [1.165, 1.54) is 18.2 Å². The van der Waals surface area contributed by atoms with Gasteiger partial charge in [0.1, 0.15) is 6.29 Å². The van der Waals surface area contributed by atoms with Crippen molar-refractivity contribution in [3.63, 3.8) is 0 Å². The van der Waals surface area contributed by atoms with Gasteiger partial charge in [0.05, 0.1) is 6.61 Å². The van der Waals surface area contributed by atoms with Crippen molar-refractivity contribution in [2.45, 2.75) is 13.2 Å². The molecule has 0 amide bonds. The molecule has 1 aromatic carbocycles. The summed E-state index contributed by atoms with van der Waals surface area (Å²) in [5.74, 6) is 0. The van der Waals surface area contributed by atoms with Gasteiger partial charge in [-0.3, -0.25) is 4.79 Å². The van der Waals surface area contributed by atoms with Crippen LogP contribution in [0.3, 0.4) is 0 Å². The van der Waals surface area contributed by atoms with E-state index >= 15 is 0 Å². The van der Waals surface area contributed by atoms with Gasteiger partial charge < -0.3 is 4.74 Å². The van der Waals surface area contributed by atoms with Crippen LogP contribution in [0, 0.1) is 0 Å². The van der Waals surface area contributed by atoms with E-state index in [1.807, 2.05) is 0 Å². The number of aldehydes is 1. The molecule has 1 aromatic rings. The Labute approximate surface area is 84.4 Å². The van der Waals surface area contributed by atoms with Crippen LogP contribution in [0.4, 0.5) is 8.78 Å². The second-order valence-corrected chi connectivity index (χ2v) is 2.95. The zero-order valence-corrected chi connectivity index (χ0v) is 7.80. The number of carbonyl (C=O) groups excluding carboxylic acids is 1. The first-order chi connectivity index (χ1) is 6.63. The molecule has 0 saturated carbocycles. The maximum Gasteiger partial charge on any atom is 0.345 e. The smallest absolute Gasteiger partial charge is 0.318 e. The van der Waals surface area contributed by atoms with Crippen molar-refractivity contribution in [1.29, 1.82) is 0 Å². The van der Waals surface area contributed by atoms with Crippen LogP contribution in [0.1, 0.15) is 15.9 Å². The van der Waals surface area contributed by atoms with Gasteiger partial charge in [-0.15, -0.1) is 0 Å². The zero-order chi connectivity index (χ0) is 10.6. The lowest BCUT2D eigenvalue weighted by Crippen LogP contribution is -1.99. The summed E-state index contributed by atoms with van der Waals surface area (Å²) in [5.41, 5.74) is 0.827. The molecule has 2 nitrogen and oxygen atoms in total. The van der Waals surface area contributed by atoms with Crippen molar-refractivity contribution in [2.75, 3.05) is 0 Å². The Balaban J connectivity index is 2.73. The lowest BCUT2D eigenvalue weighted by Gasteiger charge is -2.05. The Hall–Kier alpha value is -1.00. The first-order valence-corrected chi connectivity index (χ1v) is 4.14. The number of carbonyl (C=O) groups is 1. The first kappa shape index (κ1) is 11.1. The van der Waals surface area contributed by atoms with E-state index in [2.05, 4.69) is 4.74 Å². The molecule has 1 rings (SSSR count). The molecule has 0 aromatic heterocycles. The minimum absolute atomic E-state index is 0.246. The van der Waals surface area contributed by atoms with Gasteiger partial charge in [0.2, 0.25) is 0 Å². The predicted octanol–water partition coefficient (Wildman–Crippen LogP) is 2.89. The molecule has 0 heterocycles. The van der Waals surface area contributed by atoms with E-state index in [0.29, 0.717) is 17.4 Å². The zero-order valence-electron chi connectivity index (χ0n) is 7.04.